The molecule has 1 fully saturated rings. The summed E-state index contributed by atoms with van der Waals surface area (Å²) in [4.78, 5) is 14.7. The first kappa shape index (κ1) is 19.1. The molecule has 5 nitrogen and oxygen atoms in total. The minimum atomic E-state index is -0.161. The number of nitrogens with zero attached hydrogens (tertiary/aromatic N) is 1. The van der Waals surface area contributed by atoms with Gasteiger partial charge in [0.25, 0.3) is 5.91 Å². The minimum Gasteiger partial charge on any atom is -0.494 e. The Bertz CT molecular complexity index is 723. The molecule has 0 aromatic heterocycles. The quantitative estimate of drug-likeness (QED) is 0.783. The molecule has 1 aliphatic heterocycles. The summed E-state index contributed by atoms with van der Waals surface area (Å²) in [5.74, 6) is 1.28. The van der Waals surface area contributed by atoms with E-state index in [4.69, 9.17) is 9.47 Å². The van der Waals surface area contributed by atoms with Crippen molar-refractivity contribution in [2.24, 2.45) is 0 Å². The van der Waals surface area contributed by atoms with Gasteiger partial charge in [-0.25, -0.2) is 0 Å². The van der Waals surface area contributed by atoms with Crippen molar-refractivity contribution in [1.29, 1.82) is 0 Å². The van der Waals surface area contributed by atoms with Gasteiger partial charge in [-0.2, -0.15) is 0 Å². The van der Waals surface area contributed by atoms with Gasteiger partial charge >= 0.3 is 0 Å². The fraction of sp³-hybridized carbons (Fsp3) is 0.409. The van der Waals surface area contributed by atoms with E-state index < -0.39 is 0 Å². The Balaban J connectivity index is 1.57. The third kappa shape index (κ3) is 5.64. The lowest BCUT2D eigenvalue weighted by Gasteiger charge is -2.25. The second-order valence-corrected chi connectivity index (χ2v) is 6.66. The van der Waals surface area contributed by atoms with E-state index >= 15 is 0 Å². The van der Waals surface area contributed by atoms with Crippen LogP contribution in [0.4, 0.5) is 11.4 Å². The normalized spacial score (nSPS) is 14.3. The highest BCUT2D eigenvalue weighted by atomic mass is 16.5. The Kier molecular flexibility index (Phi) is 6.97. The van der Waals surface area contributed by atoms with E-state index in [-0.39, 0.29) is 12.5 Å². The largest absolute Gasteiger partial charge is 0.494 e. The van der Waals surface area contributed by atoms with E-state index in [1.807, 2.05) is 49.4 Å². The molecule has 0 unspecified atom stereocenters. The molecule has 1 aliphatic rings. The highest BCUT2D eigenvalue weighted by Gasteiger charge is 2.15. The van der Waals surface area contributed by atoms with Crippen molar-refractivity contribution in [1.82, 2.24) is 0 Å². The van der Waals surface area contributed by atoms with E-state index in [1.54, 1.807) is 0 Å². The Morgan fingerprint density at radius 1 is 0.926 bits per heavy atom. The average Bonchev–Trinajstić information content (AvgIpc) is 2.98. The molecule has 0 bridgehead atoms. The number of hydrogen-bond donors (Lipinski definition) is 1. The first-order valence-corrected chi connectivity index (χ1v) is 9.76. The number of carbonyl (C=O) groups excluding carboxylic acids is 1. The molecule has 1 heterocycles. The molecule has 0 spiro atoms. The lowest BCUT2D eigenvalue weighted by molar-refractivity contribution is -0.118. The van der Waals surface area contributed by atoms with Crippen molar-refractivity contribution in [2.75, 3.05) is 36.5 Å². The fourth-order valence-electron chi connectivity index (χ4n) is 3.30. The standard InChI is InChI=1S/C22H28N2O3/c1-2-26-18-11-13-19(14-12-18)27-17-22(25)23-20-9-5-6-10-21(20)24-15-7-3-4-8-16-24/h5-6,9-14H,2-4,7-8,15-17H2,1H3,(H,23,25). The van der Waals surface area contributed by atoms with Crippen molar-refractivity contribution in [3.63, 3.8) is 0 Å². The van der Waals surface area contributed by atoms with Crippen LogP contribution in [0.15, 0.2) is 48.5 Å². The number of para-hydroxylation sites is 2. The molecule has 2 aromatic carbocycles. The SMILES string of the molecule is CCOc1ccc(OCC(=O)Nc2ccccc2N2CCCCCC2)cc1. The maximum Gasteiger partial charge on any atom is 0.262 e. The molecule has 0 atom stereocenters. The second-order valence-electron chi connectivity index (χ2n) is 6.66. The van der Waals surface area contributed by atoms with Crippen molar-refractivity contribution in [3.05, 3.63) is 48.5 Å². The maximum absolute atomic E-state index is 12.4. The number of rotatable bonds is 7. The zero-order valence-corrected chi connectivity index (χ0v) is 15.9. The van der Waals surface area contributed by atoms with Crippen LogP contribution in [0.5, 0.6) is 11.5 Å². The smallest absolute Gasteiger partial charge is 0.262 e. The summed E-state index contributed by atoms with van der Waals surface area (Å²) in [5, 5.41) is 3.00. The molecule has 3 rings (SSSR count). The van der Waals surface area contributed by atoms with E-state index in [1.165, 1.54) is 25.7 Å². The third-order valence-corrected chi connectivity index (χ3v) is 4.63. The third-order valence-electron chi connectivity index (χ3n) is 4.63. The molecular formula is C22H28N2O3. The van der Waals surface area contributed by atoms with Crippen LogP contribution < -0.4 is 19.7 Å². The molecule has 1 saturated heterocycles. The van der Waals surface area contributed by atoms with Crippen LogP contribution in [-0.4, -0.2) is 32.2 Å². The number of nitrogens with one attached hydrogen (secondary N) is 1. The number of amides is 1. The lowest BCUT2D eigenvalue weighted by atomic mass is 10.2. The predicted octanol–water partition coefficient (Wildman–Crippen LogP) is 4.48. The number of ether oxygens (including phenoxy) is 2. The van der Waals surface area contributed by atoms with Gasteiger partial charge in [-0.1, -0.05) is 25.0 Å². The van der Waals surface area contributed by atoms with Crippen LogP contribution in [0.25, 0.3) is 0 Å². The number of carbonyl (C=O) groups is 1. The van der Waals surface area contributed by atoms with Crippen LogP contribution in [0.3, 0.4) is 0 Å². The Hall–Kier alpha value is -2.69. The Morgan fingerprint density at radius 3 is 2.22 bits per heavy atom. The molecule has 144 valence electrons. The van der Waals surface area contributed by atoms with Gasteiger partial charge < -0.3 is 19.7 Å². The van der Waals surface area contributed by atoms with Crippen LogP contribution >= 0.6 is 0 Å². The van der Waals surface area contributed by atoms with Crippen molar-refractivity contribution < 1.29 is 14.3 Å². The van der Waals surface area contributed by atoms with Gasteiger partial charge in [-0.15, -0.1) is 0 Å². The van der Waals surface area contributed by atoms with Crippen molar-refractivity contribution >= 4 is 17.3 Å². The van der Waals surface area contributed by atoms with Crippen molar-refractivity contribution in [2.45, 2.75) is 32.6 Å². The summed E-state index contributed by atoms with van der Waals surface area (Å²) in [6, 6.07) is 15.3. The summed E-state index contributed by atoms with van der Waals surface area (Å²) >= 11 is 0. The van der Waals surface area contributed by atoms with E-state index in [9.17, 15) is 4.79 Å². The van der Waals surface area contributed by atoms with Gasteiger partial charge in [-0.3, -0.25) is 4.79 Å². The monoisotopic (exact) mass is 368 g/mol. The van der Waals surface area contributed by atoms with Gasteiger partial charge in [0.1, 0.15) is 11.5 Å². The van der Waals surface area contributed by atoms with Crippen LogP contribution in [-0.2, 0) is 4.79 Å². The highest BCUT2D eigenvalue weighted by Crippen LogP contribution is 2.28. The van der Waals surface area contributed by atoms with E-state index in [2.05, 4.69) is 16.3 Å². The predicted molar refractivity (Wildman–Crippen MR) is 109 cm³/mol. The van der Waals surface area contributed by atoms with Gasteiger partial charge in [-0.05, 0) is 56.2 Å². The zero-order chi connectivity index (χ0) is 18.9. The number of anilines is 2. The number of benzene rings is 2. The fourth-order valence-corrected chi connectivity index (χ4v) is 3.30. The topological polar surface area (TPSA) is 50.8 Å². The molecule has 5 heteroatoms. The summed E-state index contributed by atoms with van der Waals surface area (Å²) in [7, 11) is 0. The minimum absolute atomic E-state index is 0.0255. The molecule has 2 aromatic rings. The van der Waals surface area contributed by atoms with Crippen LogP contribution in [0.2, 0.25) is 0 Å². The molecule has 1 N–H and O–H groups in total. The summed E-state index contributed by atoms with van der Waals surface area (Å²) < 4.78 is 11.0. The van der Waals surface area contributed by atoms with Gasteiger partial charge in [0.15, 0.2) is 6.61 Å². The molecular weight excluding hydrogens is 340 g/mol. The van der Waals surface area contributed by atoms with Gasteiger partial charge in [0, 0.05) is 13.1 Å². The van der Waals surface area contributed by atoms with Crippen LogP contribution in [0.1, 0.15) is 32.6 Å². The molecule has 0 aliphatic carbocycles. The Morgan fingerprint density at radius 2 is 1.56 bits per heavy atom. The lowest BCUT2D eigenvalue weighted by Crippen LogP contribution is -2.27. The average molecular weight is 368 g/mol. The first-order valence-electron chi connectivity index (χ1n) is 9.76. The van der Waals surface area contributed by atoms with Gasteiger partial charge in [0.05, 0.1) is 18.0 Å². The maximum atomic E-state index is 12.4. The number of hydrogen-bond acceptors (Lipinski definition) is 4. The second kappa shape index (κ2) is 9.86. The first-order chi connectivity index (χ1) is 13.3. The van der Waals surface area contributed by atoms with E-state index in [0.29, 0.717) is 12.4 Å². The Labute approximate surface area is 161 Å². The molecule has 0 radical (unpaired) electrons. The van der Waals surface area contributed by atoms with Crippen LogP contribution in [0, 0.1) is 0 Å². The molecule has 27 heavy (non-hydrogen) atoms. The summed E-state index contributed by atoms with van der Waals surface area (Å²) in [6.07, 6.45) is 4.95. The molecule has 1 amide bonds. The molecule has 0 saturated carbocycles. The van der Waals surface area contributed by atoms with Gasteiger partial charge in [0.2, 0.25) is 0 Å². The van der Waals surface area contributed by atoms with E-state index in [0.717, 1.165) is 30.2 Å². The zero-order valence-electron chi connectivity index (χ0n) is 15.9. The highest BCUT2D eigenvalue weighted by molar-refractivity contribution is 5.95. The summed E-state index contributed by atoms with van der Waals surface area (Å²) in [6.45, 7) is 4.62. The van der Waals surface area contributed by atoms with Crippen molar-refractivity contribution in [3.8, 4) is 11.5 Å². The summed E-state index contributed by atoms with van der Waals surface area (Å²) in [5.41, 5.74) is 1.94.